The van der Waals surface area contributed by atoms with Gasteiger partial charge < -0.3 is 20.1 Å². The third-order valence-electron chi connectivity index (χ3n) is 3.33. The second-order valence-corrected chi connectivity index (χ2v) is 4.64. The molecule has 2 aliphatic rings. The van der Waals surface area contributed by atoms with Gasteiger partial charge in [0.15, 0.2) is 6.10 Å². The number of rotatable bonds is 3. The fraction of sp³-hybridized carbons (Fsp3) is 0.727. The highest BCUT2D eigenvalue weighted by Crippen LogP contribution is 2.20. The van der Waals surface area contributed by atoms with Crippen LogP contribution in [0.1, 0.15) is 19.3 Å². The van der Waals surface area contributed by atoms with Crippen molar-refractivity contribution in [1.82, 2.24) is 10.2 Å². The molecule has 0 aliphatic carbocycles. The summed E-state index contributed by atoms with van der Waals surface area (Å²) >= 11 is 0. The Kier molecular flexibility index (Phi) is 3.51. The molecule has 0 bridgehead atoms. The number of nitrogens with zero attached hydrogens (tertiary/aromatic N) is 1. The van der Waals surface area contributed by atoms with E-state index in [0.717, 1.165) is 0 Å². The Bertz CT molecular complexity index is 384. The molecule has 100 valence electrons. The van der Waals surface area contributed by atoms with E-state index >= 15 is 0 Å². The van der Waals surface area contributed by atoms with Crippen molar-refractivity contribution in [3.8, 4) is 0 Å². The molecule has 2 fully saturated rings. The van der Waals surface area contributed by atoms with E-state index < -0.39 is 30.1 Å². The highest BCUT2D eigenvalue weighted by molar-refractivity contribution is 5.90. The van der Waals surface area contributed by atoms with E-state index in [1.54, 1.807) is 11.9 Å². The SMILES string of the molecule is CN1CCC(NC(=O)C2CCC(C(=O)O)O2)C1=O. The monoisotopic (exact) mass is 256 g/mol. The molecule has 7 heteroatoms. The van der Waals surface area contributed by atoms with Gasteiger partial charge in [0.25, 0.3) is 0 Å². The summed E-state index contributed by atoms with van der Waals surface area (Å²) < 4.78 is 5.12. The smallest absolute Gasteiger partial charge is 0.332 e. The first-order valence-corrected chi connectivity index (χ1v) is 5.92. The van der Waals surface area contributed by atoms with Gasteiger partial charge in [-0.25, -0.2) is 4.79 Å². The average Bonchev–Trinajstić information content (AvgIpc) is 2.91. The molecule has 0 spiro atoms. The Balaban J connectivity index is 1.86. The molecule has 2 amide bonds. The number of hydrogen-bond acceptors (Lipinski definition) is 4. The topological polar surface area (TPSA) is 95.9 Å². The number of likely N-dealkylation sites (tertiary alicyclic amines) is 1. The van der Waals surface area contributed by atoms with Crippen LogP contribution in [0, 0.1) is 0 Å². The van der Waals surface area contributed by atoms with Gasteiger partial charge in [0.1, 0.15) is 12.1 Å². The minimum atomic E-state index is -1.05. The maximum atomic E-state index is 11.8. The normalized spacial score (nSPS) is 31.7. The molecule has 3 unspecified atom stereocenters. The fourth-order valence-corrected chi connectivity index (χ4v) is 2.23. The minimum absolute atomic E-state index is 0.115. The number of carboxylic acid groups (broad SMARTS) is 1. The lowest BCUT2D eigenvalue weighted by atomic mass is 10.1. The third-order valence-corrected chi connectivity index (χ3v) is 3.33. The van der Waals surface area contributed by atoms with Crippen LogP contribution >= 0.6 is 0 Å². The predicted molar refractivity (Wildman–Crippen MR) is 59.7 cm³/mol. The van der Waals surface area contributed by atoms with Gasteiger partial charge in [-0.1, -0.05) is 0 Å². The van der Waals surface area contributed by atoms with Gasteiger partial charge >= 0.3 is 5.97 Å². The van der Waals surface area contributed by atoms with Gasteiger partial charge in [0, 0.05) is 13.6 Å². The van der Waals surface area contributed by atoms with Crippen molar-refractivity contribution in [2.45, 2.75) is 37.5 Å². The molecule has 7 nitrogen and oxygen atoms in total. The van der Waals surface area contributed by atoms with Gasteiger partial charge in [0.2, 0.25) is 11.8 Å². The van der Waals surface area contributed by atoms with Crippen molar-refractivity contribution in [1.29, 1.82) is 0 Å². The first-order chi connectivity index (χ1) is 8.49. The predicted octanol–water partition coefficient (Wildman–Crippen LogP) is -1.03. The molecule has 18 heavy (non-hydrogen) atoms. The number of amides is 2. The zero-order chi connectivity index (χ0) is 13.3. The molecular weight excluding hydrogens is 240 g/mol. The van der Waals surface area contributed by atoms with Gasteiger partial charge in [-0.15, -0.1) is 0 Å². The van der Waals surface area contributed by atoms with Gasteiger partial charge in [-0.2, -0.15) is 0 Å². The Labute approximate surface area is 104 Å². The van der Waals surface area contributed by atoms with Crippen LogP contribution in [0.15, 0.2) is 0 Å². The fourth-order valence-electron chi connectivity index (χ4n) is 2.23. The van der Waals surface area contributed by atoms with E-state index in [1.807, 2.05) is 0 Å². The summed E-state index contributed by atoms with van der Waals surface area (Å²) in [6.45, 7) is 0.618. The largest absolute Gasteiger partial charge is 0.479 e. The molecule has 2 saturated heterocycles. The van der Waals surface area contributed by atoms with Crippen molar-refractivity contribution in [3.63, 3.8) is 0 Å². The van der Waals surface area contributed by atoms with Crippen LogP contribution in [0.25, 0.3) is 0 Å². The first kappa shape index (κ1) is 12.8. The number of ether oxygens (including phenoxy) is 1. The lowest BCUT2D eigenvalue weighted by molar-refractivity contribution is -0.152. The molecule has 0 aromatic rings. The van der Waals surface area contributed by atoms with Crippen molar-refractivity contribution < 1.29 is 24.2 Å². The molecule has 2 aliphatic heterocycles. The minimum Gasteiger partial charge on any atom is -0.479 e. The van der Waals surface area contributed by atoms with Crippen LogP contribution in [0.3, 0.4) is 0 Å². The van der Waals surface area contributed by atoms with Gasteiger partial charge in [-0.05, 0) is 19.3 Å². The quantitative estimate of drug-likeness (QED) is 0.673. The zero-order valence-electron chi connectivity index (χ0n) is 10.1. The Morgan fingerprint density at radius 2 is 2.00 bits per heavy atom. The first-order valence-electron chi connectivity index (χ1n) is 5.92. The summed E-state index contributed by atoms with van der Waals surface area (Å²) in [5, 5.41) is 11.4. The molecule has 0 saturated carbocycles. The van der Waals surface area contributed by atoms with Crippen molar-refractivity contribution >= 4 is 17.8 Å². The standard InChI is InChI=1S/C11H16N2O5/c1-13-5-4-6(10(13)15)12-9(14)7-2-3-8(18-7)11(16)17/h6-8H,2-5H2,1H3,(H,12,14)(H,16,17). The van der Waals surface area contributed by atoms with Crippen LogP contribution in [0.5, 0.6) is 0 Å². The van der Waals surface area contributed by atoms with Crippen molar-refractivity contribution in [2.75, 3.05) is 13.6 Å². The van der Waals surface area contributed by atoms with E-state index in [4.69, 9.17) is 9.84 Å². The summed E-state index contributed by atoms with van der Waals surface area (Å²) in [5.74, 6) is -1.56. The Morgan fingerprint density at radius 3 is 2.50 bits per heavy atom. The molecule has 2 heterocycles. The summed E-state index contributed by atoms with van der Waals surface area (Å²) in [4.78, 5) is 35.7. The molecule has 2 rings (SSSR count). The van der Waals surface area contributed by atoms with Gasteiger partial charge in [0.05, 0.1) is 0 Å². The van der Waals surface area contributed by atoms with Crippen LogP contribution < -0.4 is 5.32 Å². The van der Waals surface area contributed by atoms with E-state index in [9.17, 15) is 14.4 Å². The van der Waals surface area contributed by atoms with E-state index in [0.29, 0.717) is 25.8 Å². The maximum Gasteiger partial charge on any atom is 0.332 e. The second kappa shape index (κ2) is 4.93. The summed E-state index contributed by atoms with van der Waals surface area (Å²) in [6.07, 6.45) is -0.394. The maximum absolute atomic E-state index is 11.8. The number of nitrogens with one attached hydrogen (secondary N) is 1. The summed E-state index contributed by atoms with van der Waals surface area (Å²) in [7, 11) is 1.68. The van der Waals surface area contributed by atoms with Crippen LogP contribution in [-0.2, 0) is 19.1 Å². The number of likely N-dealkylation sites (N-methyl/N-ethyl adjacent to an activating group) is 1. The number of carboxylic acids is 1. The lowest BCUT2D eigenvalue weighted by Gasteiger charge is -2.15. The van der Waals surface area contributed by atoms with Crippen LogP contribution in [0.2, 0.25) is 0 Å². The number of aliphatic carboxylic acids is 1. The zero-order valence-corrected chi connectivity index (χ0v) is 10.1. The highest BCUT2D eigenvalue weighted by Gasteiger charge is 2.37. The highest BCUT2D eigenvalue weighted by atomic mass is 16.5. The van der Waals surface area contributed by atoms with Crippen LogP contribution in [0.4, 0.5) is 0 Å². The molecular formula is C11H16N2O5. The average molecular weight is 256 g/mol. The Hall–Kier alpha value is -1.63. The molecule has 0 aromatic heterocycles. The van der Waals surface area contributed by atoms with Crippen LogP contribution in [-0.4, -0.2) is 59.6 Å². The lowest BCUT2D eigenvalue weighted by Crippen LogP contribution is -2.45. The van der Waals surface area contributed by atoms with E-state index in [1.165, 1.54) is 0 Å². The molecule has 2 N–H and O–H groups in total. The van der Waals surface area contributed by atoms with E-state index in [-0.39, 0.29) is 5.91 Å². The van der Waals surface area contributed by atoms with Crippen molar-refractivity contribution in [2.24, 2.45) is 0 Å². The molecule has 3 atom stereocenters. The number of carbonyl (C=O) groups is 3. The van der Waals surface area contributed by atoms with Crippen molar-refractivity contribution in [3.05, 3.63) is 0 Å². The second-order valence-electron chi connectivity index (χ2n) is 4.64. The number of carbonyl (C=O) groups excluding carboxylic acids is 2. The summed E-state index contributed by atoms with van der Waals surface area (Å²) in [5.41, 5.74) is 0. The number of hydrogen-bond donors (Lipinski definition) is 2. The third kappa shape index (κ3) is 2.45. The van der Waals surface area contributed by atoms with Gasteiger partial charge in [-0.3, -0.25) is 9.59 Å². The summed E-state index contributed by atoms with van der Waals surface area (Å²) in [6, 6.07) is -0.505. The molecule has 0 radical (unpaired) electrons. The molecule has 0 aromatic carbocycles. The Morgan fingerprint density at radius 1 is 1.33 bits per heavy atom. The van der Waals surface area contributed by atoms with E-state index in [2.05, 4.69) is 5.32 Å².